The Bertz CT molecular complexity index is 359. The predicted molar refractivity (Wildman–Crippen MR) is 72.1 cm³/mol. The Kier molecular flexibility index (Phi) is 3.64. The first-order valence-electron chi connectivity index (χ1n) is 5.84. The van der Waals surface area contributed by atoms with Gasteiger partial charge in [-0.3, -0.25) is 0 Å². The Hall–Kier alpha value is -1.02. The Morgan fingerprint density at radius 1 is 1.19 bits per heavy atom. The molecule has 16 heavy (non-hydrogen) atoms. The van der Waals surface area contributed by atoms with Gasteiger partial charge in [-0.2, -0.15) is 0 Å². The lowest BCUT2D eigenvalue weighted by Crippen LogP contribution is -2.31. The van der Waals surface area contributed by atoms with Crippen molar-refractivity contribution in [3.8, 4) is 0 Å². The van der Waals surface area contributed by atoms with Gasteiger partial charge in [0.15, 0.2) is 0 Å². The molecule has 0 unspecified atom stereocenters. The van der Waals surface area contributed by atoms with E-state index in [1.807, 2.05) is 0 Å². The van der Waals surface area contributed by atoms with Crippen LogP contribution in [0.1, 0.15) is 44.7 Å². The molecule has 1 aromatic rings. The summed E-state index contributed by atoms with van der Waals surface area (Å²) >= 11 is 0. The topological polar surface area (TPSA) is 29.3 Å². The molecule has 0 atom stereocenters. The molecule has 0 spiro atoms. The minimum Gasteiger partial charge on any atom is -0.377 e. The molecule has 0 aromatic heterocycles. The van der Waals surface area contributed by atoms with Crippen LogP contribution in [-0.2, 0) is 5.54 Å². The third-order valence-corrected chi connectivity index (χ3v) is 2.86. The Balaban J connectivity index is 3.33. The summed E-state index contributed by atoms with van der Waals surface area (Å²) in [5.74, 6) is 0.539. The Morgan fingerprint density at radius 3 is 2.12 bits per heavy atom. The van der Waals surface area contributed by atoms with Crippen molar-refractivity contribution in [2.24, 2.45) is 5.73 Å². The molecule has 2 nitrogen and oxygen atoms in total. The SMILES string of the molecule is CC(C)c1ccc(N(C)C)c(C(C)(C)N)c1. The van der Waals surface area contributed by atoms with Gasteiger partial charge in [0.05, 0.1) is 0 Å². The lowest BCUT2D eigenvalue weighted by atomic mass is 9.89. The van der Waals surface area contributed by atoms with Crippen LogP contribution in [0.15, 0.2) is 18.2 Å². The fourth-order valence-electron chi connectivity index (χ4n) is 1.82. The smallest absolute Gasteiger partial charge is 0.0412 e. The highest BCUT2D eigenvalue weighted by atomic mass is 15.1. The van der Waals surface area contributed by atoms with Crippen molar-refractivity contribution in [2.75, 3.05) is 19.0 Å². The summed E-state index contributed by atoms with van der Waals surface area (Å²) in [6.45, 7) is 8.52. The Morgan fingerprint density at radius 2 is 1.75 bits per heavy atom. The highest BCUT2D eigenvalue weighted by molar-refractivity contribution is 5.57. The lowest BCUT2D eigenvalue weighted by Gasteiger charge is -2.27. The summed E-state index contributed by atoms with van der Waals surface area (Å²) in [6.07, 6.45) is 0. The van der Waals surface area contributed by atoms with Crippen molar-refractivity contribution in [1.82, 2.24) is 0 Å². The molecule has 0 heterocycles. The molecule has 0 aliphatic heterocycles. The van der Waals surface area contributed by atoms with Crippen LogP contribution in [0.5, 0.6) is 0 Å². The van der Waals surface area contributed by atoms with Crippen LogP contribution in [0.2, 0.25) is 0 Å². The van der Waals surface area contributed by atoms with Gasteiger partial charge < -0.3 is 10.6 Å². The van der Waals surface area contributed by atoms with E-state index in [0.717, 1.165) is 0 Å². The van der Waals surface area contributed by atoms with Gasteiger partial charge in [0.2, 0.25) is 0 Å². The van der Waals surface area contributed by atoms with Crippen LogP contribution in [0.4, 0.5) is 5.69 Å². The van der Waals surface area contributed by atoms with Gasteiger partial charge in [0, 0.05) is 25.3 Å². The van der Waals surface area contributed by atoms with Gasteiger partial charge in [-0.15, -0.1) is 0 Å². The van der Waals surface area contributed by atoms with E-state index >= 15 is 0 Å². The van der Waals surface area contributed by atoms with Crippen molar-refractivity contribution in [1.29, 1.82) is 0 Å². The lowest BCUT2D eigenvalue weighted by molar-refractivity contribution is 0.553. The molecule has 0 saturated heterocycles. The molecule has 1 rings (SSSR count). The van der Waals surface area contributed by atoms with E-state index in [1.165, 1.54) is 16.8 Å². The minimum absolute atomic E-state index is 0.301. The van der Waals surface area contributed by atoms with Crippen LogP contribution in [-0.4, -0.2) is 14.1 Å². The maximum Gasteiger partial charge on any atom is 0.0412 e. The number of benzene rings is 1. The second-order valence-corrected chi connectivity index (χ2v) is 5.55. The summed E-state index contributed by atoms with van der Waals surface area (Å²) in [5.41, 5.74) is 9.70. The van der Waals surface area contributed by atoms with E-state index in [0.29, 0.717) is 5.92 Å². The number of rotatable bonds is 3. The number of nitrogens with two attached hydrogens (primary N) is 1. The molecule has 2 heteroatoms. The van der Waals surface area contributed by atoms with E-state index in [9.17, 15) is 0 Å². The molecule has 0 saturated carbocycles. The molecule has 0 fully saturated rings. The molecule has 1 aromatic carbocycles. The average Bonchev–Trinajstić information content (AvgIpc) is 2.15. The second-order valence-electron chi connectivity index (χ2n) is 5.55. The summed E-state index contributed by atoms with van der Waals surface area (Å²) in [6, 6.07) is 6.59. The maximum absolute atomic E-state index is 6.24. The van der Waals surface area contributed by atoms with Crippen LogP contribution in [0, 0.1) is 0 Å². The number of hydrogen-bond donors (Lipinski definition) is 1. The van der Waals surface area contributed by atoms with Gasteiger partial charge in [-0.1, -0.05) is 26.0 Å². The first kappa shape index (κ1) is 13.0. The summed E-state index contributed by atoms with van der Waals surface area (Å²) < 4.78 is 0. The van der Waals surface area contributed by atoms with Crippen molar-refractivity contribution >= 4 is 5.69 Å². The van der Waals surface area contributed by atoms with Gasteiger partial charge in [-0.05, 0) is 37.0 Å². The van der Waals surface area contributed by atoms with Crippen LogP contribution in [0.25, 0.3) is 0 Å². The first-order chi connectivity index (χ1) is 7.23. The van der Waals surface area contributed by atoms with Gasteiger partial charge in [0.1, 0.15) is 0 Å². The molecule has 2 N–H and O–H groups in total. The summed E-state index contributed by atoms with van der Waals surface area (Å²) in [4.78, 5) is 2.12. The second kappa shape index (κ2) is 4.46. The van der Waals surface area contributed by atoms with E-state index in [4.69, 9.17) is 5.73 Å². The van der Waals surface area contributed by atoms with E-state index < -0.39 is 0 Å². The zero-order valence-corrected chi connectivity index (χ0v) is 11.3. The predicted octanol–water partition coefficient (Wildman–Crippen LogP) is 3.07. The molecule has 0 amide bonds. The normalized spacial score (nSPS) is 12.0. The van der Waals surface area contributed by atoms with Crippen molar-refractivity contribution in [3.63, 3.8) is 0 Å². The average molecular weight is 220 g/mol. The number of anilines is 1. The quantitative estimate of drug-likeness (QED) is 0.848. The summed E-state index contributed by atoms with van der Waals surface area (Å²) in [5, 5.41) is 0. The fraction of sp³-hybridized carbons (Fsp3) is 0.571. The van der Waals surface area contributed by atoms with Gasteiger partial charge >= 0.3 is 0 Å². The molecule has 0 bridgehead atoms. The van der Waals surface area contributed by atoms with Crippen molar-refractivity contribution in [3.05, 3.63) is 29.3 Å². The van der Waals surface area contributed by atoms with Crippen LogP contribution in [0.3, 0.4) is 0 Å². The largest absolute Gasteiger partial charge is 0.377 e. The molecular weight excluding hydrogens is 196 g/mol. The number of nitrogens with zero attached hydrogens (tertiary/aromatic N) is 1. The van der Waals surface area contributed by atoms with Crippen molar-refractivity contribution in [2.45, 2.75) is 39.2 Å². The summed E-state index contributed by atoms with van der Waals surface area (Å²) in [7, 11) is 4.11. The maximum atomic E-state index is 6.24. The molecular formula is C14H24N2. The van der Waals surface area contributed by atoms with Gasteiger partial charge in [0.25, 0.3) is 0 Å². The van der Waals surface area contributed by atoms with Crippen LogP contribution >= 0.6 is 0 Å². The first-order valence-corrected chi connectivity index (χ1v) is 5.84. The molecule has 0 aliphatic carbocycles. The molecule has 0 aliphatic rings. The van der Waals surface area contributed by atoms with E-state index in [-0.39, 0.29) is 5.54 Å². The monoisotopic (exact) mass is 220 g/mol. The highest BCUT2D eigenvalue weighted by Crippen LogP contribution is 2.30. The molecule has 90 valence electrons. The fourth-order valence-corrected chi connectivity index (χ4v) is 1.82. The zero-order chi connectivity index (χ0) is 12.5. The van der Waals surface area contributed by atoms with E-state index in [2.05, 4.69) is 64.9 Å². The molecule has 0 radical (unpaired) electrons. The van der Waals surface area contributed by atoms with Gasteiger partial charge in [-0.25, -0.2) is 0 Å². The highest BCUT2D eigenvalue weighted by Gasteiger charge is 2.20. The van der Waals surface area contributed by atoms with Crippen LogP contribution < -0.4 is 10.6 Å². The Labute approximate surface area is 99.5 Å². The van der Waals surface area contributed by atoms with Crippen molar-refractivity contribution < 1.29 is 0 Å². The number of hydrogen-bond acceptors (Lipinski definition) is 2. The third kappa shape index (κ3) is 2.76. The minimum atomic E-state index is -0.301. The standard InChI is InChI=1S/C14H24N2/c1-10(2)11-7-8-13(16(5)6)12(9-11)14(3,4)15/h7-10H,15H2,1-6H3. The third-order valence-electron chi connectivity index (χ3n) is 2.86. The zero-order valence-electron chi connectivity index (χ0n) is 11.3. The van der Waals surface area contributed by atoms with E-state index in [1.54, 1.807) is 0 Å².